The van der Waals surface area contributed by atoms with Crippen molar-refractivity contribution < 1.29 is 14.7 Å². The molecular formula is C13H17N3O3. The number of hydrogen-bond donors (Lipinski definition) is 1. The Morgan fingerprint density at radius 3 is 3.00 bits per heavy atom. The Bertz CT molecular complexity index is 463. The minimum absolute atomic E-state index is 0.00831. The van der Waals surface area contributed by atoms with Crippen LogP contribution in [0.5, 0.6) is 0 Å². The fraction of sp³-hybridized carbons (Fsp3) is 0.462. The molecule has 1 aliphatic rings. The molecule has 6 nitrogen and oxygen atoms in total. The summed E-state index contributed by atoms with van der Waals surface area (Å²) in [6.45, 7) is 1.06. The fourth-order valence-electron chi connectivity index (χ4n) is 2.28. The van der Waals surface area contributed by atoms with E-state index >= 15 is 0 Å². The number of carbonyl (C=O) groups is 2. The van der Waals surface area contributed by atoms with E-state index in [0.29, 0.717) is 19.5 Å². The molecule has 102 valence electrons. The summed E-state index contributed by atoms with van der Waals surface area (Å²) in [6.07, 6.45) is 4.03. The predicted octanol–water partition coefficient (Wildman–Crippen LogP) is 1.35. The first-order chi connectivity index (χ1) is 9.09. The van der Waals surface area contributed by atoms with Crippen molar-refractivity contribution in [3.8, 4) is 0 Å². The third kappa shape index (κ3) is 3.01. The van der Waals surface area contributed by atoms with E-state index in [0.717, 1.165) is 5.56 Å². The molecule has 0 radical (unpaired) electrons. The molecule has 1 aromatic rings. The maximum Gasteiger partial charge on any atom is 0.320 e. The number of carboxylic acids is 1. The van der Waals surface area contributed by atoms with Crippen LogP contribution < -0.4 is 0 Å². The lowest BCUT2D eigenvalue weighted by Crippen LogP contribution is -2.30. The smallest absolute Gasteiger partial charge is 0.320 e. The third-order valence-electron chi connectivity index (χ3n) is 3.32. The van der Waals surface area contributed by atoms with E-state index in [4.69, 9.17) is 5.11 Å². The highest BCUT2D eigenvalue weighted by Gasteiger charge is 2.35. The number of pyridine rings is 1. The average molecular weight is 263 g/mol. The SMILES string of the molecule is CN1C(=O)N(CCCC(=O)O)CC1c1cccnc1. The molecule has 0 saturated carbocycles. The molecule has 1 aliphatic heterocycles. The van der Waals surface area contributed by atoms with E-state index in [1.165, 1.54) is 0 Å². The summed E-state index contributed by atoms with van der Waals surface area (Å²) in [5, 5.41) is 8.61. The first-order valence-electron chi connectivity index (χ1n) is 6.23. The molecule has 1 atom stereocenters. The lowest BCUT2D eigenvalue weighted by molar-refractivity contribution is -0.137. The van der Waals surface area contributed by atoms with Crippen molar-refractivity contribution in [2.45, 2.75) is 18.9 Å². The van der Waals surface area contributed by atoms with Crippen molar-refractivity contribution in [3.05, 3.63) is 30.1 Å². The largest absolute Gasteiger partial charge is 0.481 e. The van der Waals surface area contributed by atoms with Crippen LogP contribution >= 0.6 is 0 Å². The highest BCUT2D eigenvalue weighted by molar-refractivity contribution is 5.77. The third-order valence-corrected chi connectivity index (χ3v) is 3.32. The van der Waals surface area contributed by atoms with Crippen molar-refractivity contribution in [3.63, 3.8) is 0 Å². The predicted molar refractivity (Wildman–Crippen MR) is 68.6 cm³/mol. The van der Waals surface area contributed by atoms with Gasteiger partial charge in [-0.3, -0.25) is 9.78 Å². The van der Waals surface area contributed by atoms with Crippen LogP contribution in [-0.2, 0) is 4.79 Å². The Balaban J connectivity index is 1.99. The molecule has 1 N–H and O–H groups in total. The second-order valence-corrected chi connectivity index (χ2v) is 4.64. The standard InChI is InChI=1S/C13H17N3O3/c1-15-11(10-4-2-6-14-8-10)9-16(13(15)19)7-3-5-12(17)18/h2,4,6,8,11H,3,5,7,9H2,1H3,(H,17,18). The number of hydrogen-bond acceptors (Lipinski definition) is 3. The molecule has 2 amide bonds. The van der Waals surface area contributed by atoms with Gasteiger partial charge in [-0.25, -0.2) is 4.79 Å². The van der Waals surface area contributed by atoms with Crippen LogP contribution in [-0.4, -0.2) is 52.0 Å². The molecule has 1 saturated heterocycles. The summed E-state index contributed by atoms with van der Waals surface area (Å²) in [5.74, 6) is -0.830. The van der Waals surface area contributed by atoms with Crippen LogP contribution in [0.1, 0.15) is 24.4 Å². The zero-order valence-corrected chi connectivity index (χ0v) is 10.8. The molecule has 0 spiro atoms. The van der Waals surface area contributed by atoms with E-state index < -0.39 is 5.97 Å². The van der Waals surface area contributed by atoms with Gasteiger partial charge < -0.3 is 14.9 Å². The molecule has 6 heteroatoms. The summed E-state index contributed by atoms with van der Waals surface area (Å²) in [4.78, 5) is 30.0. The van der Waals surface area contributed by atoms with Gasteiger partial charge in [-0.2, -0.15) is 0 Å². The minimum atomic E-state index is -0.830. The fourth-order valence-corrected chi connectivity index (χ4v) is 2.28. The first kappa shape index (κ1) is 13.3. The topological polar surface area (TPSA) is 73.7 Å². The van der Waals surface area contributed by atoms with Crippen molar-refractivity contribution in [2.24, 2.45) is 0 Å². The maximum atomic E-state index is 12.0. The number of amides is 2. The molecule has 19 heavy (non-hydrogen) atoms. The van der Waals surface area contributed by atoms with E-state index in [9.17, 15) is 9.59 Å². The number of urea groups is 1. The van der Waals surface area contributed by atoms with Gasteiger partial charge in [-0.1, -0.05) is 6.07 Å². The van der Waals surface area contributed by atoms with E-state index in [-0.39, 0.29) is 18.5 Å². The molecule has 0 aromatic carbocycles. The van der Waals surface area contributed by atoms with Gasteiger partial charge in [-0.05, 0) is 18.1 Å². The minimum Gasteiger partial charge on any atom is -0.481 e. The number of carboxylic acid groups (broad SMARTS) is 1. The first-order valence-corrected chi connectivity index (χ1v) is 6.23. The monoisotopic (exact) mass is 263 g/mol. The van der Waals surface area contributed by atoms with Crippen LogP contribution in [0.4, 0.5) is 4.79 Å². The molecule has 2 rings (SSSR count). The van der Waals surface area contributed by atoms with Crippen LogP contribution in [0.3, 0.4) is 0 Å². The Morgan fingerprint density at radius 2 is 2.37 bits per heavy atom. The van der Waals surface area contributed by atoms with Gasteiger partial charge >= 0.3 is 12.0 Å². The molecule has 1 fully saturated rings. The summed E-state index contributed by atoms with van der Waals surface area (Å²) in [7, 11) is 1.76. The number of rotatable bonds is 5. The maximum absolute atomic E-state index is 12.0. The van der Waals surface area contributed by atoms with Crippen LogP contribution in [0.2, 0.25) is 0 Å². The van der Waals surface area contributed by atoms with Gasteiger partial charge in [0, 0.05) is 39.0 Å². The second-order valence-electron chi connectivity index (χ2n) is 4.64. The quantitative estimate of drug-likeness (QED) is 0.870. The van der Waals surface area contributed by atoms with Gasteiger partial charge in [0.1, 0.15) is 0 Å². The van der Waals surface area contributed by atoms with Crippen LogP contribution in [0.15, 0.2) is 24.5 Å². The summed E-state index contributed by atoms with van der Waals surface area (Å²) < 4.78 is 0. The summed E-state index contributed by atoms with van der Waals surface area (Å²) in [6, 6.07) is 3.73. The van der Waals surface area contributed by atoms with E-state index in [1.54, 1.807) is 29.2 Å². The molecule has 2 heterocycles. The molecule has 1 unspecified atom stereocenters. The van der Waals surface area contributed by atoms with Crippen molar-refractivity contribution in [2.75, 3.05) is 20.1 Å². The zero-order valence-electron chi connectivity index (χ0n) is 10.8. The van der Waals surface area contributed by atoms with Gasteiger partial charge in [0.15, 0.2) is 0 Å². The number of nitrogens with zero attached hydrogens (tertiary/aromatic N) is 3. The van der Waals surface area contributed by atoms with Gasteiger partial charge in [-0.15, -0.1) is 0 Å². The summed E-state index contributed by atoms with van der Waals surface area (Å²) >= 11 is 0. The van der Waals surface area contributed by atoms with Crippen LogP contribution in [0.25, 0.3) is 0 Å². The van der Waals surface area contributed by atoms with Gasteiger partial charge in [0.25, 0.3) is 0 Å². The molecule has 1 aromatic heterocycles. The highest BCUT2D eigenvalue weighted by atomic mass is 16.4. The number of aliphatic carboxylic acids is 1. The Hall–Kier alpha value is -2.11. The number of carbonyl (C=O) groups excluding carboxylic acids is 1. The van der Waals surface area contributed by atoms with Gasteiger partial charge in [0.2, 0.25) is 0 Å². The summed E-state index contributed by atoms with van der Waals surface area (Å²) in [5.41, 5.74) is 0.999. The highest BCUT2D eigenvalue weighted by Crippen LogP contribution is 2.27. The second kappa shape index (κ2) is 5.69. The lowest BCUT2D eigenvalue weighted by atomic mass is 10.1. The average Bonchev–Trinajstić information content (AvgIpc) is 2.68. The Labute approximate surface area is 111 Å². The van der Waals surface area contributed by atoms with E-state index in [1.807, 2.05) is 12.1 Å². The Morgan fingerprint density at radius 1 is 1.58 bits per heavy atom. The van der Waals surface area contributed by atoms with E-state index in [2.05, 4.69) is 4.98 Å². The van der Waals surface area contributed by atoms with Gasteiger partial charge in [0.05, 0.1) is 6.04 Å². The molecular weight excluding hydrogens is 246 g/mol. The molecule has 0 aliphatic carbocycles. The number of likely N-dealkylation sites (N-methyl/N-ethyl adjacent to an activating group) is 1. The van der Waals surface area contributed by atoms with Crippen molar-refractivity contribution in [1.29, 1.82) is 0 Å². The van der Waals surface area contributed by atoms with Crippen LogP contribution in [0, 0.1) is 0 Å². The Kier molecular flexibility index (Phi) is 3.99. The van der Waals surface area contributed by atoms with Crippen molar-refractivity contribution >= 4 is 12.0 Å². The zero-order chi connectivity index (χ0) is 13.8. The number of aromatic nitrogens is 1. The van der Waals surface area contributed by atoms with Crippen molar-refractivity contribution in [1.82, 2.24) is 14.8 Å². The normalized spacial score (nSPS) is 19.0. The molecule has 0 bridgehead atoms. The lowest BCUT2D eigenvalue weighted by Gasteiger charge is -2.17.